The minimum atomic E-state index is -3.90. The lowest BCUT2D eigenvalue weighted by molar-refractivity contribution is -0.130. The fourth-order valence-electron chi connectivity index (χ4n) is 1.46. The molecule has 0 heterocycles. The molecular weight excluding hydrogens is 313 g/mol. The van der Waals surface area contributed by atoms with E-state index in [9.17, 15) is 22.4 Å². The highest BCUT2D eigenvalue weighted by Crippen LogP contribution is 2.14. The van der Waals surface area contributed by atoms with E-state index < -0.39 is 28.3 Å². The summed E-state index contributed by atoms with van der Waals surface area (Å²) in [4.78, 5) is 24.2. The van der Waals surface area contributed by atoms with E-state index in [1.165, 1.54) is 11.9 Å². The van der Waals surface area contributed by atoms with Crippen molar-refractivity contribution in [1.29, 1.82) is 0 Å². The smallest absolute Gasteiger partial charge is 0.243 e. The molecule has 1 rings (SSSR count). The summed E-state index contributed by atoms with van der Waals surface area (Å²) in [5.74, 6) is -1.47. The van der Waals surface area contributed by atoms with Crippen LogP contribution in [0.1, 0.15) is 0 Å². The second kappa shape index (κ2) is 7.32. The molecule has 0 spiro atoms. The molecule has 0 fully saturated rings. The summed E-state index contributed by atoms with van der Waals surface area (Å²) in [6, 6.07) is 4.29. The first-order valence-corrected chi connectivity index (χ1v) is 7.77. The highest BCUT2D eigenvalue weighted by Gasteiger charge is 2.23. The van der Waals surface area contributed by atoms with Crippen molar-refractivity contribution >= 4 is 21.8 Å². The van der Waals surface area contributed by atoms with Crippen molar-refractivity contribution in [3.63, 3.8) is 0 Å². The first kappa shape index (κ1) is 18.1. The Morgan fingerprint density at radius 1 is 1.14 bits per heavy atom. The first-order chi connectivity index (χ1) is 10.1. The molecule has 122 valence electrons. The third-order valence-corrected chi connectivity index (χ3v) is 4.64. The van der Waals surface area contributed by atoms with Gasteiger partial charge in [0.05, 0.1) is 18.0 Å². The molecule has 0 radical (unpaired) electrons. The summed E-state index contributed by atoms with van der Waals surface area (Å²) >= 11 is 0. The van der Waals surface area contributed by atoms with E-state index in [1.807, 2.05) is 0 Å². The molecule has 0 aliphatic heterocycles. The first-order valence-electron chi connectivity index (χ1n) is 6.33. The van der Waals surface area contributed by atoms with E-state index >= 15 is 0 Å². The molecular formula is C13H18FN3O4S. The maximum absolute atomic E-state index is 12.8. The third-order valence-electron chi connectivity index (χ3n) is 2.82. The van der Waals surface area contributed by atoms with Gasteiger partial charge in [-0.05, 0) is 24.3 Å². The lowest BCUT2D eigenvalue weighted by atomic mass is 10.4. The van der Waals surface area contributed by atoms with Crippen LogP contribution in [-0.4, -0.2) is 63.7 Å². The predicted molar refractivity (Wildman–Crippen MR) is 77.9 cm³/mol. The van der Waals surface area contributed by atoms with Crippen LogP contribution < -0.4 is 5.32 Å². The second-order valence-electron chi connectivity index (χ2n) is 4.78. The van der Waals surface area contributed by atoms with Gasteiger partial charge in [-0.25, -0.2) is 12.8 Å². The number of hydrogen-bond donors (Lipinski definition) is 1. The lowest BCUT2D eigenvalue weighted by Crippen LogP contribution is -2.42. The zero-order chi connectivity index (χ0) is 16.9. The van der Waals surface area contributed by atoms with Crippen molar-refractivity contribution in [1.82, 2.24) is 14.5 Å². The Kier molecular flexibility index (Phi) is 6.01. The highest BCUT2D eigenvalue weighted by atomic mass is 32.2. The Morgan fingerprint density at radius 3 is 2.18 bits per heavy atom. The van der Waals surface area contributed by atoms with E-state index in [0.29, 0.717) is 0 Å². The van der Waals surface area contributed by atoms with E-state index in [-0.39, 0.29) is 17.3 Å². The van der Waals surface area contributed by atoms with Crippen LogP contribution in [-0.2, 0) is 19.6 Å². The van der Waals surface area contributed by atoms with E-state index in [1.54, 1.807) is 14.1 Å². The molecule has 0 aromatic heterocycles. The molecule has 0 atom stereocenters. The molecule has 0 saturated carbocycles. The van der Waals surface area contributed by atoms with Gasteiger partial charge in [0, 0.05) is 21.1 Å². The Balaban J connectivity index is 2.67. The van der Waals surface area contributed by atoms with Crippen LogP contribution in [0.15, 0.2) is 29.2 Å². The number of nitrogens with one attached hydrogen (secondary N) is 1. The lowest BCUT2D eigenvalue weighted by Gasteiger charge is -2.17. The fraction of sp³-hybridized carbons (Fsp3) is 0.385. The van der Waals surface area contributed by atoms with Gasteiger partial charge in [0.15, 0.2) is 0 Å². The zero-order valence-corrected chi connectivity index (χ0v) is 13.4. The van der Waals surface area contributed by atoms with Crippen molar-refractivity contribution < 1.29 is 22.4 Å². The van der Waals surface area contributed by atoms with Crippen molar-refractivity contribution in [3.8, 4) is 0 Å². The molecule has 7 nitrogen and oxygen atoms in total. The van der Waals surface area contributed by atoms with Crippen molar-refractivity contribution in [2.75, 3.05) is 34.2 Å². The van der Waals surface area contributed by atoms with Crippen LogP contribution in [0.4, 0.5) is 4.39 Å². The normalized spacial score (nSPS) is 11.3. The van der Waals surface area contributed by atoms with Crippen LogP contribution in [0.2, 0.25) is 0 Å². The summed E-state index contributed by atoms with van der Waals surface area (Å²) in [7, 11) is 0.416. The van der Waals surface area contributed by atoms with Crippen molar-refractivity contribution in [2.24, 2.45) is 0 Å². The van der Waals surface area contributed by atoms with E-state index in [2.05, 4.69) is 5.32 Å². The Morgan fingerprint density at radius 2 is 1.68 bits per heavy atom. The van der Waals surface area contributed by atoms with E-state index in [4.69, 9.17) is 0 Å². The maximum Gasteiger partial charge on any atom is 0.243 e. The quantitative estimate of drug-likeness (QED) is 0.772. The summed E-state index contributed by atoms with van der Waals surface area (Å²) in [5.41, 5.74) is 0. The fourth-order valence-corrected chi connectivity index (χ4v) is 2.59. The van der Waals surface area contributed by atoms with Crippen molar-refractivity contribution in [2.45, 2.75) is 4.90 Å². The van der Waals surface area contributed by atoms with Gasteiger partial charge in [-0.15, -0.1) is 0 Å². The number of sulfonamides is 1. The van der Waals surface area contributed by atoms with Crippen molar-refractivity contribution in [3.05, 3.63) is 30.1 Å². The monoisotopic (exact) mass is 331 g/mol. The minimum absolute atomic E-state index is 0.117. The number of hydrogen-bond acceptors (Lipinski definition) is 4. The molecule has 0 aliphatic carbocycles. The average Bonchev–Trinajstić information content (AvgIpc) is 2.44. The number of halogens is 1. The van der Waals surface area contributed by atoms with E-state index in [0.717, 1.165) is 28.6 Å². The van der Waals surface area contributed by atoms with Gasteiger partial charge in [-0.3, -0.25) is 9.59 Å². The summed E-state index contributed by atoms with van der Waals surface area (Å²) in [6.45, 7) is -0.656. The van der Waals surface area contributed by atoms with Gasteiger partial charge in [-0.2, -0.15) is 4.31 Å². The van der Waals surface area contributed by atoms with Crippen LogP contribution >= 0.6 is 0 Å². The molecule has 0 unspecified atom stereocenters. The van der Waals surface area contributed by atoms with Gasteiger partial charge in [0.2, 0.25) is 21.8 Å². The van der Waals surface area contributed by atoms with Gasteiger partial charge >= 0.3 is 0 Å². The minimum Gasteiger partial charge on any atom is -0.347 e. The molecule has 22 heavy (non-hydrogen) atoms. The molecule has 1 N–H and O–H groups in total. The average molecular weight is 331 g/mol. The molecule has 0 aliphatic rings. The van der Waals surface area contributed by atoms with Gasteiger partial charge in [0.1, 0.15) is 5.82 Å². The molecule has 0 bridgehead atoms. The van der Waals surface area contributed by atoms with Crippen LogP contribution in [0.5, 0.6) is 0 Å². The topological polar surface area (TPSA) is 86.8 Å². The number of rotatable bonds is 6. The molecule has 1 aromatic carbocycles. The van der Waals surface area contributed by atoms with Crippen LogP contribution in [0.25, 0.3) is 0 Å². The molecule has 1 aromatic rings. The van der Waals surface area contributed by atoms with Gasteiger partial charge in [-0.1, -0.05) is 0 Å². The Hall–Kier alpha value is -2.00. The summed E-state index contributed by atoms with van der Waals surface area (Å²) in [5, 5.41) is 2.33. The second-order valence-corrected chi connectivity index (χ2v) is 6.82. The number of amides is 2. The molecule has 2 amide bonds. The van der Waals surface area contributed by atoms with Gasteiger partial charge < -0.3 is 10.2 Å². The van der Waals surface area contributed by atoms with Crippen LogP contribution in [0, 0.1) is 5.82 Å². The Bertz CT molecular complexity index is 644. The number of carbonyl (C=O) groups excluding carboxylic acids is 2. The third kappa shape index (κ3) is 4.78. The Labute approximate surface area is 128 Å². The molecule has 0 saturated heterocycles. The number of likely N-dealkylation sites (N-methyl/N-ethyl adjacent to an activating group) is 2. The van der Waals surface area contributed by atoms with Gasteiger partial charge in [0.25, 0.3) is 0 Å². The maximum atomic E-state index is 12.8. The standard InChI is InChI=1S/C13H18FN3O4S/c1-16(2)13(19)8-15-12(18)9-17(3)22(20,21)11-6-4-10(14)5-7-11/h4-7H,8-9H2,1-3H3,(H,15,18). The summed E-state index contributed by atoms with van der Waals surface area (Å²) < 4.78 is 38.0. The number of carbonyl (C=O) groups is 2. The van der Waals surface area contributed by atoms with Crippen LogP contribution in [0.3, 0.4) is 0 Å². The zero-order valence-electron chi connectivity index (χ0n) is 12.5. The predicted octanol–water partition coefficient (Wildman–Crippen LogP) is -0.349. The number of nitrogens with zero attached hydrogens (tertiary/aromatic N) is 2. The summed E-state index contributed by atoms with van der Waals surface area (Å²) in [6.07, 6.45) is 0. The molecule has 9 heteroatoms. The highest BCUT2D eigenvalue weighted by molar-refractivity contribution is 7.89. The largest absolute Gasteiger partial charge is 0.347 e. The SMILES string of the molecule is CN(C)C(=O)CNC(=O)CN(C)S(=O)(=O)c1ccc(F)cc1. The number of benzene rings is 1.